The van der Waals surface area contributed by atoms with Crippen LogP contribution in [0.3, 0.4) is 0 Å². The first kappa shape index (κ1) is 19.3. The molecule has 144 valence electrons. The van der Waals surface area contributed by atoms with Crippen molar-refractivity contribution in [2.45, 2.75) is 69.1 Å². The van der Waals surface area contributed by atoms with Gasteiger partial charge in [-0.3, -0.25) is 4.79 Å². The van der Waals surface area contributed by atoms with Crippen LogP contribution < -0.4 is 5.32 Å². The lowest BCUT2D eigenvalue weighted by Crippen LogP contribution is -2.48. The predicted molar refractivity (Wildman–Crippen MR) is 99.5 cm³/mol. The molecule has 1 N–H and O–H groups in total. The largest absolute Gasteiger partial charge is 0.373 e. The van der Waals surface area contributed by atoms with E-state index in [1.54, 1.807) is 18.2 Å². The van der Waals surface area contributed by atoms with E-state index in [2.05, 4.69) is 12.2 Å². The first-order valence-electron chi connectivity index (χ1n) is 9.28. The van der Waals surface area contributed by atoms with E-state index in [-0.39, 0.29) is 28.5 Å². The second-order valence-corrected chi connectivity index (χ2v) is 9.77. The third-order valence-corrected chi connectivity index (χ3v) is 7.07. The number of hydrogen-bond donors (Lipinski definition) is 1. The van der Waals surface area contributed by atoms with Crippen LogP contribution in [0.2, 0.25) is 0 Å². The van der Waals surface area contributed by atoms with Crippen LogP contribution >= 0.6 is 0 Å². The van der Waals surface area contributed by atoms with Crippen molar-refractivity contribution in [3.63, 3.8) is 0 Å². The molecule has 1 saturated heterocycles. The summed E-state index contributed by atoms with van der Waals surface area (Å²) in [7, 11) is -3.65. The van der Waals surface area contributed by atoms with Crippen LogP contribution in [-0.4, -0.2) is 49.5 Å². The molecule has 1 aromatic carbocycles. The molecule has 2 unspecified atom stereocenters. The fraction of sp³-hybridized carbons (Fsp3) is 0.632. The maximum Gasteiger partial charge on any atom is 0.251 e. The summed E-state index contributed by atoms with van der Waals surface area (Å²) in [6, 6.07) is 6.32. The molecule has 26 heavy (non-hydrogen) atoms. The van der Waals surface area contributed by atoms with E-state index in [9.17, 15) is 13.2 Å². The summed E-state index contributed by atoms with van der Waals surface area (Å²) in [5, 5.41) is 3.08. The first-order chi connectivity index (χ1) is 12.2. The number of ether oxygens (including phenoxy) is 1. The van der Waals surface area contributed by atoms with Crippen LogP contribution in [0.1, 0.15) is 56.8 Å². The van der Waals surface area contributed by atoms with Gasteiger partial charge in [0.25, 0.3) is 5.91 Å². The Hall–Kier alpha value is -1.44. The highest BCUT2D eigenvalue weighted by Gasteiger charge is 2.33. The van der Waals surface area contributed by atoms with Gasteiger partial charge in [-0.2, -0.15) is 4.31 Å². The minimum atomic E-state index is -3.65. The van der Waals surface area contributed by atoms with E-state index in [1.807, 2.05) is 13.8 Å². The van der Waals surface area contributed by atoms with Gasteiger partial charge in [-0.1, -0.05) is 18.9 Å². The molecular weight excluding hydrogens is 352 g/mol. The number of hydrogen-bond acceptors (Lipinski definition) is 4. The van der Waals surface area contributed by atoms with Gasteiger partial charge in [0, 0.05) is 24.2 Å². The third-order valence-electron chi connectivity index (χ3n) is 5.24. The van der Waals surface area contributed by atoms with E-state index in [1.165, 1.54) is 10.4 Å². The molecule has 0 aromatic heterocycles. The highest BCUT2D eigenvalue weighted by Crippen LogP contribution is 2.29. The van der Waals surface area contributed by atoms with Crippen molar-refractivity contribution in [3.8, 4) is 0 Å². The highest BCUT2D eigenvalue weighted by molar-refractivity contribution is 7.89. The molecule has 2 aliphatic rings. The molecule has 1 aliphatic heterocycles. The molecule has 2 fully saturated rings. The zero-order valence-corrected chi connectivity index (χ0v) is 16.5. The number of rotatable bonds is 4. The molecule has 1 aromatic rings. The van der Waals surface area contributed by atoms with Gasteiger partial charge in [0.1, 0.15) is 0 Å². The molecule has 1 aliphatic carbocycles. The smallest absolute Gasteiger partial charge is 0.251 e. The van der Waals surface area contributed by atoms with Gasteiger partial charge in [0.05, 0.1) is 17.1 Å². The molecule has 2 atom stereocenters. The quantitative estimate of drug-likeness (QED) is 0.871. The Bertz CT molecular complexity index is 761. The highest BCUT2D eigenvalue weighted by atomic mass is 32.2. The van der Waals surface area contributed by atoms with Crippen LogP contribution in [0.25, 0.3) is 0 Å². The Balaban J connectivity index is 1.81. The lowest BCUT2D eigenvalue weighted by atomic mass is 10.00. The molecule has 1 amide bonds. The molecule has 6 nitrogen and oxygen atoms in total. The Morgan fingerprint density at radius 2 is 1.81 bits per heavy atom. The van der Waals surface area contributed by atoms with Crippen LogP contribution in [0, 0.1) is 0 Å². The maximum absolute atomic E-state index is 13.0. The normalized spacial score (nSPS) is 26.6. The summed E-state index contributed by atoms with van der Waals surface area (Å²) in [5.74, 6) is -0.213. The molecule has 0 bridgehead atoms. The van der Waals surface area contributed by atoms with Gasteiger partial charge < -0.3 is 10.1 Å². The molecule has 3 rings (SSSR count). The minimum Gasteiger partial charge on any atom is -0.373 e. The summed E-state index contributed by atoms with van der Waals surface area (Å²) in [6.45, 7) is 6.42. The molecular formula is C19H28N2O4S. The number of sulfonamides is 1. The monoisotopic (exact) mass is 380 g/mol. The van der Waals surface area contributed by atoms with E-state index < -0.39 is 10.0 Å². The molecule has 7 heteroatoms. The van der Waals surface area contributed by atoms with Crippen molar-refractivity contribution in [1.82, 2.24) is 9.62 Å². The predicted octanol–water partition coefficient (Wildman–Crippen LogP) is 2.55. The van der Waals surface area contributed by atoms with Crippen molar-refractivity contribution in [1.29, 1.82) is 0 Å². The van der Waals surface area contributed by atoms with Gasteiger partial charge >= 0.3 is 0 Å². The van der Waals surface area contributed by atoms with Crippen molar-refractivity contribution >= 4 is 15.9 Å². The van der Waals surface area contributed by atoms with Crippen molar-refractivity contribution in [3.05, 3.63) is 29.8 Å². The second kappa shape index (κ2) is 7.29. The second-order valence-electron chi connectivity index (χ2n) is 7.83. The summed E-state index contributed by atoms with van der Waals surface area (Å²) < 4.78 is 33.1. The average molecular weight is 381 g/mol. The Morgan fingerprint density at radius 3 is 2.42 bits per heavy atom. The Morgan fingerprint density at radius 1 is 1.19 bits per heavy atom. The third kappa shape index (κ3) is 4.10. The summed E-state index contributed by atoms with van der Waals surface area (Å²) in [4.78, 5) is 12.8. The Kier molecular flexibility index (Phi) is 5.42. The summed E-state index contributed by atoms with van der Waals surface area (Å²) in [5.41, 5.74) is 0.190. The van der Waals surface area contributed by atoms with Gasteiger partial charge in [-0.05, 0) is 51.8 Å². The molecule has 0 spiro atoms. The van der Waals surface area contributed by atoms with Crippen LogP contribution in [0.5, 0.6) is 0 Å². The lowest BCUT2D eigenvalue weighted by molar-refractivity contribution is -0.0440. The van der Waals surface area contributed by atoms with Crippen molar-refractivity contribution in [2.75, 3.05) is 13.1 Å². The van der Waals surface area contributed by atoms with Crippen LogP contribution in [0.4, 0.5) is 0 Å². The standard InChI is InChI=1S/C19H28N2O4S/c1-14-12-21(13-15(2)25-14)26(23,24)17-8-6-7-16(11-17)18(22)20-19(3)9-4-5-10-19/h6-8,11,14-15H,4-5,9-10,12-13H2,1-3H3,(H,20,22). The fourth-order valence-corrected chi connectivity index (χ4v) is 5.54. The Labute approximate surface area is 156 Å². The number of carbonyl (C=O) groups excluding carboxylic acids is 1. The minimum absolute atomic E-state index is 0.151. The summed E-state index contributed by atoms with van der Waals surface area (Å²) >= 11 is 0. The number of morpholine rings is 1. The average Bonchev–Trinajstić information content (AvgIpc) is 3.00. The number of carbonyl (C=O) groups is 1. The van der Waals surface area contributed by atoms with Gasteiger partial charge in [-0.15, -0.1) is 0 Å². The number of nitrogens with zero attached hydrogens (tertiary/aromatic N) is 1. The maximum atomic E-state index is 13.0. The lowest BCUT2D eigenvalue weighted by Gasteiger charge is -2.34. The molecule has 0 radical (unpaired) electrons. The van der Waals surface area contributed by atoms with E-state index in [0.29, 0.717) is 18.7 Å². The van der Waals surface area contributed by atoms with Crippen LogP contribution in [-0.2, 0) is 14.8 Å². The zero-order chi connectivity index (χ0) is 18.9. The number of amides is 1. The van der Waals surface area contributed by atoms with E-state index in [0.717, 1.165) is 25.7 Å². The van der Waals surface area contributed by atoms with E-state index >= 15 is 0 Å². The van der Waals surface area contributed by atoms with Gasteiger partial charge in [0.15, 0.2) is 0 Å². The fourth-order valence-electron chi connectivity index (χ4n) is 3.90. The van der Waals surface area contributed by atoms with Crippen molar-refractivity contribution < 1.29 is 17.9 Å². The molecule has 1 saturated carbocycles. The summed E-state index contributed by atoms with van der Waals surface area (Å²) in [6.07, 6.45) is 3.84. The zero-order valence-electron chi connectivity index (χ0n) is 15.7. The number of nitrogens with one attached hydrogen (secondary N) is 1. The topological polar surface area (TPSA) is 75.7 Å². The van der Waals surface area contributed by atoms with E-state index in [4.69, 9.17) is 4.74 Å². The van der Waals surface area contributed by atoms with Gasteiger partial charge in [-0.25, -0.2) is 8.42 Å². The SMILES string of the molecule is CC1CN(S(=O)(=O)c2cccc(C(=O)NC3(C)CCCC3)c2)CC(C)O1. The van der Waals surface area contributed by atoms with Gasteiger partial charge in [0.2, 0.25) is 10.0 Å². The molecule has 1 heterocycles. The van der Waals surface area contributed by atoms with Crippen LogP contribution in [0.15, 0.2) is 29.2 Å². The number of benzene rings is 1. The first-order valence-corrected chi connectivity index (χ1v) is 10.7. The van der Waals surface area contributed by atoms with Crippen molar-refractivity contribution in [2.24, 2.45) is 0 Å².